The number of hydrogen-bond donors (Lipinski definition) is 1. The van der Waals surface area contributed by atoms with Crippen molar-refractivity contribution in [2.24, 2.45) is 5.92 Å². The minimum absolute atomic E-state index is 0.377. The molecule has 17 heavy (non-hydrogen) atoms. The predicted octanol–water partition coefficient (Wildman–Crippen LogP) is 1.64. The quantitative estimate of drug-likeness (QED) is 0.756. The van der Waals surface area contributed by atoms with E-state index >= 15 is 0 Å². The molecule has 1 amide bonds. The molecule has 1 aliphatic heterocycles. The van der Waals surface area contributed by atoms with E-state index in [0.717, 1.165) is 57.2 Å². The van der Waals surface area contributed by atoms with Crippen molar-refractivity contribution in [3.8, 4) is 0 Å². The number of nitrogens with zero attached hydrogens (tertiary/aromatic N) is 2. The van der Waals surface area contributed by atoms with E-state index in [0.29, 0.717) is 5.91 Å². The Morgan fingerprint density at radius 2 is 1.88 bits per heavy atom. The van der Waals surface area contributed by atoms with Gasteiger partial charge in [0.1, 0.15) is 0 Å². The smallest absolute Gasteiger partial charge is 0.222 e. The van der Waals surface area contributed by atoms with Gasteiger partial charge in [0, 0.05) is 44.9 Å². The van der Waals surface area contributed by atoms with Gasteiger partial charge in [-0.2, -0.15) is 12.6 Å². The maximum Gasteiger partial charge on any atom is 0.222 e. The van der Waals surface area contributed by atoms with Gasteiger partial charge in [-0.05, 0) is 12.3 Å². The topological polar surface area (TPSA) is 23.6 Å². The van der Waals surface area contributed by atoms with Crippen molar-refractivity contribution in [3.63, 3.8) is 0 Å². The maximum absolute atomic E-state index is 12.0. The molecule has 0 spiro atoms. The van der Waals surface area contributed by atoms with Gasteiger partial charge >= 0.3 is 0 Å². The summed E-state index contributed by atoms with van der Waals surface area (Å²) >= 11 is 4.24. The summed E-state index contributed by atoms with van der Waals surface area (Å²) in [5.74, 6) is 2.14. The number of thiol groups is 1. The molecule has 0 atom stereocenters. The van der Waals surface area contributed by atoms with Gasteiger partial charge in [0.25, 0.3) is 0 Å². The molecule has 0 aromatic carbocycles. The minimum atomic E-state index is 0.377. The van der Waals surface area contributed by atoms with Crippen LogP contribution >= 0.6 is 12.6 Å². The van der Waals surface area contributed by atoms with E-state index < -0.39 is 0 Å². The summed E-state index contributed by atoms with van der Waals surface area (Å²) in [5, 5.41) is 0. The summed E-state index contributed by atoms with van der Waals surface area (Å²) in [6, 6.07) is 0. The zero-order valence-electron chi connectivity index (χ0n) is 10.6. The number of rotatable bonds is 5. The van der Waals surface area contributed by atoms with E-state index in [1.165, 1.54) is 19.3 Å². The molecule has 2 aliphatic rings. The third kappa shape index (κ3) is 3.88. The van der Waals surface area contributed by atoms with Crippen LogP contribution in [0.15, 0.2) is 0 Å². The van der Waals surface area contributed by atoms with Gasteiger partial charge in [-0.1, -0.05) is 19.3 Å². The summed E-state index contributed by atoms with van der Waals surface area (Å²) in [4.78, 5) is 16.4. The summed E-state index contributed by atoms with van der Waals surface area (Å²) in [6.45, 7) is 4.92. The van der Waals surface area contributed by atoms with Crippen molar-refractivity contribution in [1.82, 2.24) is 9.80 Å². The number of amides is 1. The van der Waals surface area contributed by atoms with Crippen LogP contribution in [0.5, 0.6) is 0 Å². The Hall–Kier alpha value is -0.220. The van der Waals surface area contributed by atoms with Gasteiger partial charge in [0.15, 0.2) is 0 Å². The van der Waals surface area contributed by atoms with Crippen molar-refractivity contribution in [2.75, 3.05) is 38.5 Å². The first-order valence-corrected chi connectivity index (χ1v) is 7.54. The largest absolute Gasteiger partial charge is 0.340 e. The SMILES string of the molecule is O=C(CCC1CCC1)N1CCN(CCS)CC1. The molecule has 2 rings (SSSR count). The monoisotopic (exact) mass is 256 g/mol. The highest BCUT2D eigenvalue weighted by atomic mass is 32.1. The third-order valence-electron chi connectivity index (χ3n) is 4.13. The molecule has 2 fully saturated rings. The van der Waals surface area contributed by atoms with Crippen LogP contribution < -0.4 is 0 Å². The molecule has 0 aromatic heterocycles. The molecule has 4 heteroatoms. The van der Waals surface area contributed by atoms with Crippen LogP contribution in [0.25, 0.3) is 0 Å². The van der Waals surface area contributed by atoms with Crippen LogP contribution in [0.1, 0.15) is 32.1 Å². The molecule has 1 aliphatic carbocycles. The molecule has 1 saturated carbocycles. The van der Waals surface area contributed by atoms with Gasteiger partial charge in [0.2, 0.25) is 5.91 Å². The molecule has 3 nitrogen and oxygen atoms in total. The lowest BCUT2D eigenvalue weighted by Gasteiger charge is -2.35. The van der Waals surface area contributed by atoms with Gasteiger partial charge in [-0.15, -0.1) is 0 Å². The van der Waals surface area contributed by atoms with Gasteiger partial charge < -0.3 is 4.90 Å². The van der Waals surface area contributed by atoms with Crippen LogP contribution in [-0.4, -0.2) is 54.2 Å². The average Bonchev–Trinajstić information content (AvgIpc) is 2.28. The first kappa shape index (κ1) is 13.2. The number of piperazine rings is 1. The van der Waals surface area contributed by atoms with E-state index in [2.05, 4.69) is 17.5 Å². The summed E-state index contributed by atoms with van der Waals surface area (Å²) in [7, 11) is 0. The Balaban J connectivity index is 1.63. The lowest BCUT2D eigenvalue weighted by molar-refractivity contribution is -0.133. The van der Waals surface area contributed by atoms with Crippen molar-refractivity contribution < 1.29 is 4.79 Å². The van der Waals surface area contributed by atoms with Crippen LogP contribution in [0.2, 0.25) is 0 Å². The second kappa shape index (κ2) is 6.64. The lowest BCUT2D eigenvalue weighted by atomic mass is 9.82. The van der Waals surface area contributed by atoms with E-state index in [1.807, 2.05) is 4.90 Å². The van der Waals surface area contributed by atoms with E-state index in [9.17, 15) is 4.79 Å². The molecule has 0 bridgehead atoms. The van der Waals surface area contributed by atoms with Crippen LogP contribution in [-0.2, 0) is 4.79 Å². The standard InChI is InChI=1S/C13H24N2OS/c16-13(5-4-12-2-1-3-12)15-8-6-14(7-9-15)10-11-17/h12,17H,1-11H2. The first-order valence-electron chi connectivity index (χ1n) is 6.90. The Morgan fingerprint density at radius 3 is 2.41 bits per heavy atom. The van der Waals surface area contributed by atoms with Crippen LogP contribution in [0.4, 0.5) is 0 Å². The molecule has 98 valence electrons. The van der Waals surface area contributed by atoms with Crippen molar-refractivity contribution in [2.45, 2.75) is 32.1 Å². The van der Waals surface area contributed by atoms with E-state index in [-0.39, 0.29) is 0 Å². The second-order valence-electron chi connectivity index (χ2n) is 5.28. The van der Waals surface area contributed by atoms with E-state index in [1.54, 1.807) is 0 Å². The second-order valence-corrected chi connectivity index (χ2v) is 5.73. The van der Waals surface area contributed by atoms with Crippen LogP contribution in [0, 0.1) is 5.92 Å². The Labute approximate surface area is 110 Å². The van der Waals surface area contributed by atoms with Gasteiger partial charge in [-0.25, -0.2) is 0 Å². The summed E-state index contributed by atoms with van der Waals surface area (Å²) < 4.78 is 0. The number of carbonyl (C=O) groups excluding carboxylic acids is 1. The zero-order chi connectivity index (χ0) is 12.1. The highest BCUT2D eigenvalue weighted by Crippen LogP contribution is 2.30. The zero-order valence-corrected chi connectivity index (χ0v) is 11.5. The Kier molecular flexibility index (Phi) is 5.16. The van der Waals surface area contributed by atoms with Crippen molar-refractivity contribution in [1.29, 1.82) is 0 Å². The van der Waals surface area contributed by atoms with Gasteiger partial charge in [0.05, 0.1) is 0 Å². The highest BCUT2D eigenvalue weighted by Gasteiger charge is 2.23. The summed E-state index contributed by atoms with van der Waals surface area (Å²) in [5.41, 5.74) is 0. The normalized spacial score (nSPS) is 22.5. The van der Waals surface area contributed by atoms with Crippen molar-refractivity contribution >= 4 is 18.5 Å². The molecule has 0 unspecified atom stereocenters. The fourth-order valence-corrected chi connectivity index (χ4v) is 2.91. The van der Waals surface area contributed by atoms with Gasteiger partial charge in [-0.3, -0.25) is 9.69 Å². The molecule has 0 aromatic rings. The Bertz CT molecular complexity index is 248. The molecular formula is C13H24N2OS. The Morgan fingerprint density at radius 1 is 1.18 bits per heavy atom. The molecule has 0 N–H and O–H groups in total. The minimum Gasteiger partial charge on any atom is -0.340 e. The maximum atomic E-state index is 12.0. The average molecular weight is 256 g/mol. The van der Waals surface area contributed by atoms with Crippen molar-refractivity contribution in [3.05, 3.63) is 0 Å². The summed E-state index contributed by atoms with van der Waals surface area (Å²) in [6.07, 6.45) is 5.97. The van der Waals surface area contributed by atoms with Crippen LogP contribution in [0.3, 0.4) is 0 Å². The fourth-order valence-electron chi connectivity index (χ4n) is 2.63. The molecule has 1 heterocycles. The number of hydrogen-bond acceptors (Lipinski definition) is 3. The lowest BCUT2D eigenvalue weighted by Crippen LogP contribution is -2.49. The number of carbonyl (C=O) groups is 1. The highest BCUT2D eigenvalue weighted by molar-refractivity contribution is 7.80. The first-order chi connectivity index (χ1) is 8.29. The third-order valence-corrected chi connectivity index (χ3v) is 4.33. The van der Waals surface area contributed by atoms with E-state index in [4.69, 9.17) is 0 Å². The fraction of sp³-hybridized carbons (Fsp3) is 0.923. The molecule has 0 radical (unpaired) electrons. The molecule has 1 saturated heterocycles. The molecular weight excluding hydrogens is 232 g/mol. The predicted molar refractivity (Wildman–Crippen MR) is 73.4 cm³/mol.